The number of carbonyl (C=O) groups is 1. The molecule has 0 saturated heterocycles. The minimum Gasteiger partial charge on any atom is -0.496 e. The molecule has 0 amide bonds. The van der Waals surface area contributed by atoms with Crippen molar-refractivity contribution in [2.24, 2.45) is 0 Å². The Morgan fingerprint density at radius 2 is 1.71 bits per heavy atom. The summed E-state index contributed by atoms with van der Waals surface area (Å²) in [7, 11) is 1.64. The molecule has 0 saturated carbocycles. The molecule has 0 bridgehead atoms. The fraction of sp³-hybridized carbons (Fsp3) is 0.208. The first kappa shape index (κ1) is 21.0. The first-order valence-corrected chi connectivity index (χ1v) is 8.98. The number of benzene rings is 2. The summed E-state index contributed by atoms with van der Waals surface area (Å²) < 4.78 is 16.7. The molecule has 2 aromatic rings. The maximum Gasteiger partial charge on any atom is 0.338 e. The molecule has 2 rings (SSSR count). The zero-order valence-corrected chi connectivity index (χ0v) is 17.0. The molecule has 0 fully saturated rings. The molecule has 0 radical (unpaired) electrons. The molecular weight excluding hydrogens is 352 g/mol. The normalized spacial score (nSPS) is 10.5. The van der Waals surface area contributed by atoms with E-state index in [4.69, 9.17) is 14.2 Å². The fourth-order valence-corrected chi connectivity index (χ4v) is 2.46. The van der Waals surface area contributed by atoms with Crippen LogP contribution in [0, 0.1) is 0 Å². The van der Waals surface area contributed by atoms with E-state index in [0.29, 0.717) is 11.3 Å². The Morgan fingerprint density at radius 1 is 1.04 bits per heavy atom. The van der Waals surface area contributed by atoms with Crippen LogP contribution >= 0.6 is 0 Å². The number of methoxy groups -OCH3 is 1. The summed E-state index contributed by atoms with van der Waals surface area (Å²) >= 11 is 0. The highest BCUT2D eigenvalue weighted by Gasteiger charge is 2.13. The van der Waals surface area contributed by atoms with Crippen molar-refractivity contribution in [2.45, 2.75) is 27.7 Å². The third-order valence-corrected chi connectivity index (χ3v) is 3.82. The van der Waals surface area contributed by atoms with Gasteiger partial charge in [-0.3, -0.25) is 0 Å². The van der Waals surface area contributed by atoms with Crippen molar-refractivity contribution >= 4 is 12.0 Å². The van der Waals surface area contributed by atoms with E-state index in [9.17, 15) is 4.79 Å². The molecule has 0 N–H and O–H groups in total. The van der Waals surface area contributed by atoms with Crippen molar-refractivity contribution in [1.82, 2.24) is 0 Å². The van der Waals surface area contributed by atoms with E-state index in [1.165, 1.54) is 0 Å². The number of hydrogen-bond donors (Lipinski definition) is 0. The van der Waals surface area contributed by atoms with Crippen LogP contribution in [0.3, 0.4) is 0 Å². The van der Waals surface area contributed by atoms with Crippen LogP contribution in [0.4, 0.5) is 0 Å². The van der Waals surface area contributed by atoms with E-state index in [1.54, 1.807) is 32.4 Å². The van der Waals surface area contributed by atoms with Gasteiger partial charge >= 0.3 is 5.97 Å². The molecule has 0 spiro atoms. The van der Waals surface area contributed by atoms with Crippen LogP contribution < -0.4 is 14.2 Å². The van der Waals surface area contributed by atoms with E-state index < -0.39 is 5.97 Å². The average molecular weight is 378 g/mol. The quantitative estimate of drug-likeness (QED) is 0.250. The van der Waals surface area contributed by atoms with Gasteiger partial charge in [0.25, 0.3) is 0 Å². The molecule has 4 nitrogen and oxygen atoms in total. The molecule has 0 aliphatic rings. The van der Waals surface area contributed by atoms with Crippen LogP contribution in [-0.2, 0) is 4.79 Å². The first-order chi connectivity index (χ1) is 13.3. The topological polar surface area (TPSA) is 44.8 Å². The summed E-state index contributed by atoms with van der Waals surface area (Å²) in [5.41, 5.74) is 4.14. The van der Waals surface area contributed by atoms with Crippen LogP contribution in [0.15, 0.2) is 66.5 Å². The van der Waals surface area contributed by atoms with Gasteiger partial charge in [0.2, 0.25) is 0 Å². The van der Waals surface area contributed by atoms with Gasteiger partial charge in [-0.25, -0.2) is 4.79 Å². The maximum atomic E-state index is 11.7. The Labute approximate surface area is 166 Å². The Balaban J connectivity index is 2.45. The Hall–Kier alpha value is -3.27. The molecule has 0 atom stereocenters. The van der Waals surface area contributed by atoms with Crippen molar-refractivity contribution < 1.29 is 19.0 Å². The summed E-state index contributed by atoms with van der Waals surface area (Å²) in [6.45, 7) is 11.1. The van der Waals surface area contributed by atoms with Gasteiger partial charge in [-0.05, 0) is 63.1 Å². The lowest BCUT2D eigenvalue weighted by Gasteiger charge is -2.14. The van der Waals surface area contributed by atoms with Gasteiger partial charge in [0.15, 0.2) is 0 Å². The number of esters is 1. The second-order valence-corrected chi connectivity index (χ2v) is 6.60. The maximum absolute atomic E-state index is 11.7. The van der Waals surface area contributed by atoms with E-state index >= 15 is 0 Å². The van der Waals surface area contributed by atoms with Crippen molar-refractivity contribution in [2.75, 3.05) is 7.11 Å². The monoisotopic (exact) mass is 378 g/mol. The SMILES string of the molecule is C=C(C)C(=O)Oc1ccc(-c2cc(OC=C(C)C)c(/C=C/C)cc2OC)cc1. The van der Waals surface area contributed by atoms with E-state index in [2.05, 4.69) is 6.58 Å². The molecule has 4 heteroatoms. The summed E-state index contributed by atoms with van der Waals surface area (Å²) in [6, 6.07) is 11.1. The van der Waals surface area contributed by atoms with Gasteiger partial charge in [-0.1, -0.05) is 30.9 Å². The van der Waals surface area contributed by atoms with Gasteiger partial charge in [0.1, 0.15) is 17.2 Å². The molecule has 2 aromatic carbocycles. The van der Waals surface area contributed by atoms with E-state index in [1.807, 2.05) is 57.2 Å². The molecule has 0 aliphatic carbocycles. The van der Waals surface area contributed by atoms with Gasteiger partial charge in [0.05, 0.1) is 13.4 Å². The molecular formula is C24H26O4. The number of allylic oxidation sites excluding steroid dienone is 2. The predicted octanol–water partition coefficient (Wildman–Crippen LogP) is 6.18. The van der Waals surface area contributed by atoms with Crippen LogP contribution in [0.25, 0.3) is 17.2 Å². The smallest absolute Gasteiger partial charge is 0.338 e. The standard InChI is InChI=1S/C24H26O4/c1-7-8-19-13-23(26-6)21(14-22(19)27-15-16(2)3)18-9-11-20(12-10-18)28-24(25)17(4)5/h7-15H,4H2,1-3,5-6H3/b8-7+. The van der Waals surface area contributed by atoms with Gasteiger partial charge in [0, 0.05) is 16.7 Å². The van der Waals surface area contributed by atoms with Crippen LogP contribution in [-0.4, -0.2) is 13.1 Å². The Kier molecular flexibility index (Phi) is 7.21. The molecule has 0 heterocycles. The summed E-state index contributed by atoms with van der Waals surface area (Å²) in [6.07, 6.45) is 5.65. The Bertz CT molecular complexity index is 914. The number of rotatable bonds is 7. The largest absolute Gasteiger partial charge is 0.496 e. The summed E-state index contributed by atoms with van der Waals surface area (Å²) in [5, 5.41) is 0. The Morgan fingerprint density at radius 3 is 2.25 bits per heavy atom. The van der Waals surface area contributed by atoms with Crippen molar-refractivity contribution in [3.63, 3.8) is 0 Å². The lowest BCUT2D eigenvalue weighted by Crippen LogP contribution is -2.07. The second-order valence-electron chi connectivity index (χ2n) is 6.60. The lowest BCUT2D eigenvalue weighted by molar-refractivity contribution is -0.130. The summed E-state index contributed by atoms with van der Waals surface area (Å²) in [5.74, 6) is 1.47. The second kappa shape index (κ2) is 9.60. The number of carbonyl (C=O) groups excluding carboxylic acids is 1. The number of hydrogen-bond acceptors (Lipinski definition) is 4. The van der Waals surface area contributed by atoms with E-state index in [0.717, 1.165) is 33.8 Å². The molecule has 0 aromatic heterocycles. The van der Waals surface area contributed by atoms with Crippen molar-refractivity contribution in [3.8, 4) is 28.4 Å². The van der Waals surface area contributed by atoms with Crippen molar-refractivity contribution in [1.29, 1.82) is 0 Å². The highest BCUT2D eigenvalue weighted by molar-refractivity contribution is 5.89. The van der Waals surface area contributed by atoms with E-state index in [-0.39, 0.29) is 0 Å². The van der Waals surface area contributed by atoms with Crippen LogP contribution in [0.1, 0.15) is 33.3 Å². The predicted molar refractivity (Wildman–Crippen MR) is 114 cm³/mol. The third kappa shape index (κ3) is 5.36. The number of ether oxygens (including phenoxy) is 3. The minimum atomic E-state index is -0.446. The van der Waals surface area contributed by atoms with Gasteiger partial charge < -0.3 is 14.2 Å². The van der Waals surface area contributed by atoms with Gasteiger partial charge in [-0.15, -0.1) is 0 Å². The molecule has 0 aliphatic heterocycles. The molecule has 146 valence electrons. The highest BCUT2D eigenvalue weighted by atomic mass is 16.5. The highest BCUT2D eigenvalue weighted by Crippen LogP contribution is 2.37. The van der Waals surface area contributed by atoms with Crippen molar-refractivity contribution in [3.05, 3.63) is 72.0 Å². The fourth-order valence-electron chi connectivity index (χ4n) is 2.46. The molecule has 0 unspecified atom stereocenters. The zero-order chi connectivity index (χ0) is 20.7. The first-order valence-electron chi connectivity index (χ1n) is 8.98. The van der Waals surface area contributed by atoms with Crippen LogP contribution in [0.2, 0.25) is 0 Å². The summed E-state index contributed by atoms with van der Waals surface area (Å²) in [4.78, 5) is 11.7. The van der Waals surface area contributed by atoms with Gasteiger partial charge in [-0.2, -0.15) is 0 Å². The molecule has 28 heavy (non-hydrogen) atoms. The lowest BCUT2D eigenvalue weighted by atomic mass is 10.0. The zero-order valence-electron chi connectivity index (χ0n) is 17.0. The third-order valence-electron chi connectivity index (χ3n) is 3.82. The average Bonchev–Trinajstić information content (AvgIpc) is 2.67. The minimum absolute atomic E-state index is 0.353. The van der Waals surface area contributed by atoms with Crippen LogP contribution in [0.5, 0.6) is 17.2 Å².